The molecule has 0 amide bonds. The molecule has 0 saturated heterocycles. The maximum atomic E-state index is 5.25. The van der Waals surface area contributed by atoms with E-state index in [0.29, 0.717) is 17.6 Å². The average molecular weight is 724 g/mol. The number of fused-ring (bicyclic) bond motifs is 8. The van der Waals surface area contributed by atoms with E-state index in [4.69, 9.17) is 19.9 Å². The normalized spacial score (nSPS) is 13.1. The van der Waals surface area contributed by atoms with Crippen molar-refractivity contribution in [3.63, 3.8) is 0 Å². The molecule has 55 heavy (non-hydrogen) atoms. The van der Waals surface area contributed by atoms with Crippen molar-refractivity contribution in [3.8, 4) is 61.5 Å². The second-order valence-corrected chi connectivity index (χ2v) is 15.7. The van der Waals surface area contributed by atoms with Gasteiger partial charge in [0.1, 0.15) is 5.01 Å². The van der Waals surface area contributed by atoms with Gasteiger partial charge in [-0.2, -0.15) is 9.97 Å². The number of rotatable bonds is 5. The van der Waals surface area contributed by atoms with E-state index in [9.17, 15) is 0 Å². The first-order valence-corrected chi connectivity index (χ1v) is 19.4. The predicted octanol–water partition coefficient (Wildman–Crippen LogP) is 12.6. The number of benzene rings is 7. The second kappa shape index (κ2) is 12.1. The van der Waals surface area contributed by atoms with E-state index in [1.807, 2.05) is 60.7 Å². The van der Waals surface area contributed by atoms with Gasteiger partial charge in [-0.25, -0.2) is 9.97 Å². The Labute approximate surface area is 322 Å². The van der Waals surface area contributed by atoms with E-state index < -0.39 is 0 Å². The fourth-order valence-electron chi connectivity index (χ4n) is 8.43. The van der Waals surface area contributed by atoms with E-state index in [0.717, 1.165) is 49.0 Å². The molecule has 0 bridgehead atoms. The quantitative estimate of drug-likeness (QED) is 0.177. The molecule has 0 fully saturated rings. The van der Waals surface area contributed by atoms with Gasteiger partial charge in [-0.3, -0.25) is 4.57 Å². The molecule has 6 heteroatoms. The lowest BCUT2D eigenvalue weighted by Gasteiger charge is -2.22. The minimum absolute atomic E-state index is 0.214. The summed E-state index contributed by atoms with van der Waals surface area (Å²) in [6.07, 6.45) is 0. The number of para-hydroxylation sites is 1. The van der Waals surface area contributed by atoms with Crippen LogP contribution in [-0.2, 0) is 5.41 Å². The molecule has 0 atom stereocenters. The van der Waals surface area contributed by atoms with Crippen molar-refractivity contribution < 1.29 is 0 Å². The summed E-state index contributed by atoms with van der Waals surface area (Å²) >= 11 is 1.77. The van der Waals surface area contributed by atoms with Gasteiger partial charge >= 0.3 is 0 Å². The third-order valence-electron chi connectivity index (χ3n) is 11.1. The molecular formula is C49H33N5S. The number of aromatic nitrogens is 5. The third-order valence-corrected chi connectivity index (χ3v) is 12.2. The SMILES string of the molecule is CC1(C)c2cc(-c3ccc4c(c3)c3ccccc3n4-c3nc(-c4ccccc4)nc(-c4ccccc4)n3)ccc2-c2ccc3sc(-c4ccccc4)nc3c21. The van der Waals surface area contributed by atoms with Gasteiger partial charge in [-0.1, -0.05) is 147 Å². The first kappa shape index (κ1) is 31.7. The molecule has 3 aromatic heterocycles. The summed E-state index contributed by atoms with van der Waals surface area (Å²) in [5.41, 5.74) is 13.6. The summed E-state index contributed by atoms with van der Waals surface area (Å²) in [5.74, 6) is 1.87. The first-order valence-electron chi connectivity index (χ1n) is 18.6. The zero-order valence-corrected chi connectivity index (χ0v) is 31.0. The fourth-order valence-corrected chi connectivity index (χ4v) is 9.41. The number of hydrogen-bond acceptors (Lipinski definition) is 5. The molecule has 11 rings (SSSR count). The van der Waals surface area contributed by atoms with Crippen LogP contribution in [0.2, 0.25) is 0 Å². The highest BCUT2D eigenvalue weighted by Crippen LogP contribution is 2.53. The number of hydrogen-bond donors (Lipinski definition) is 0. The predicted molar refractivity (Wildman–Crippen MR) is 227 cm³/mol. The Hall–Kier alpha value is -6.76. The summed E-state index contributed by atoms with van der Waals surface area (Å²) < 4.78 is 3.41. The molecule has 0 unspecified atom stereocenters. The van der Waals surface area contributed by atoms with Crippen molar-refractivity contribution in [1.29, 1.82) is 0 Å². The summed E-state index contributed by atoms with van der Waals surface area (Å²) in [6, 6.07) is 57.6. The van der Waals surface area contributed by atoms with Crippen LogP contribution < -0.4 is 0 Å². The fraction of sp³-hybridized carbons (Fsp3) is 0.0612. The van der Waals surface area contributed by atoms with Crippen molar-refractivity contribution >= 4 is 43.4 Å². The summed E-state index contributed by atoms with van der Waals surface area (Å²) in [6.45, 7) is 4.70. The van der Waals surface area contributed by atoms with Crippen LogP contribution in [0.25, 0.3) is 93.6 Å². The van der Waals surface area contributed by atoms with E-state index >= 15 is 0 Å². The molecule has 1 aliphatic carbocycles. The molecule has 10 aromatic rings. The highest BCUT2D eigenvalue weighted by molar-refractivity contribution is 7.21. The van der Waals surface area contributed by atoms with E-state index in [1.165, 1.54) is 38.1 Å². The van der Waals surface area contributed by atoms with Gasteiger partial charge in [0, 0.05) is 32.9 Å². The van der Waals surface area contributed by atoms with E-state index in [1.54, 1.807) is 11.3 Å². The molecule has 0 spiro atoms. The van der Waals surface area contributed by atoms with Crippen molar-refractivity contribution in [2.45, 2.75) is 19.3 Å². The zero-order chi connectivity index (χ0) is 36.7. The van der Waals surface area contributed by atoms with E-state index in [-0.39, 0.29) is 5.41 Å². The molecule has 0 radical (unpaired) electrons. The Balaban J connectivity index is 1.05. The molecule has 0 N–H and O–H groups in total. The van der Waals surface area contributed by atoms with Crippen LogP contribution >= 0.6 is 11.3 Å². The van der Waals surface area contributed by atoms with Gasteiger partial charge in [0.05, 0.1) is 21.3 Å². The lowest BCUT2D eigenvalue weighted by molar-refractivity contribution is 0.665. The van der Waals surface area contributed by atoms with Crippen LogP contribution in [0, 0.1) is 0 Å². The monoisotopic (exact) mass is 723 g/mol. The minimum atomic E-state index is -0.214. The van der Waals surface area contributed by atoms with Crippen LogP contribution in [0.1, 0.15) is 25.0 Å². The largest absolute Gasteiger partial charge is 0.278 e. The molecule has 7 aromatic carbocycles. The van der Waals surface area contributed by atoms with Gasteiger partial charge in [-0.15, -0.1) is 11.3 Å². The van der Waals surface area contributed by atoms with Crippen LogP contribution in [0.3, 0.4) is 0 Å². The van der Waals surface area contributed by atoms with Crippen molar-refractivity contribution in [2.24, 2.45) is 0 Å². The van der Waals surface area contributed by atoms with E-state index in [2.05, 4.69) is 122 Å². The van der Waals surface area contributed by atoms with Crippen molar-refractivity contribution in [2.75, 3.05) is 0 Å². The highest BCUT2D eigenvalue weighted by atomic mass is 32.1. The molecule has 0 saturated carbocycles. The Morgan fingerprint density at radius 3 is 1.76 bits per heavy atom. The highest BCUT2D eigenvalue weighted by Gasteiger charge is 2.38. The first-order chi connectivity index (χ1) is 27.0. The molecule has 3 heterocycles. The Bertz CT molecular complexity index is 3050. The molecule has 0 aliphatic heterocycles. The molecule has 260 valence electrons. The Morgan fingerprint density at radius 2 is 1.05 bits per heavy atom. The maximum Gasteiger partial charge on any atom is 0.238 e. The van der Waals surface area contributed by atoms with Crippen LogP contribution in [0.15, 0.2) is 164 Å². The lowest BCUT2D eigenvalue weighted by atomic mass is 9.81. The average Bonchev–Trinajstić information content (AvgIpc) is 3.89. The van der Waals surface area contributed by atoms with Gasteiger partial charge < -0.3 is 0 Å². The second-order valence-electron chi connectivity index (χ2n) is 14.7. The van der Waals surface area contributed by atoms with Crippen molar-refractivity contribution in [1.82, 2.24) is 24.5 Å². The zero-order valence-electron chi connectivity index (χ0n) is 30.2. The number of nitrogens with zero attached hydrogens (tertiary/aromatic N) is 5. The van der Waals surface area contributed by atoms with Gasteiger partial charge in [0.15, 0.2) is 11.6 Å². The molecular weight excluding hydrogens is 691 g/mol. The standard InChI is InChI=1S/C49H33N5S/c1-49(2)39-29-34(22-24-35(39)37-25-27-42-44(43(37)49)50-47(55-42)32-18-10-5-11-19-32)33-23-26-41-38(28-33)36-20-12-13-21-40(36)54(41)48-52-45(30-14-6-3-7-15-30)51-46(53-48)31-16-8-4-9-17-31/h3-29H,1-2H3. The summed E-state index contributed by atoms with van der Waals surface area (Å²) in [5, 5.41) is 3.36. The Kier molecular flexibility index (Phi) is 7.00. The van der Waals surface area contributed by atoms with Crippen LogP contribution in [0.5, 0.6) is 0 Å². The maximum absolute atomic E-state index is 5.25. The van der Waals surface area contributed by atoms with Gasteiger partial charge in [-0.05, 0) is 63.7 Å². The topological polar surface area (TPSA) is 56.5 Å². The van der Waals surface area contributed by atoms with Gasteiger partial charge in [0.2, 0.25) is 5.95 Å². The smallest absolute Gasteiger partial charge is 0.238 e. The molecule has 1 aliphatic rings. The van der Waals surface area contributed by atoms with Crippen molar-refractivity contribution in [3.05, 3.63) is 175 Å². The molecule has 5 nitrogen and oxygen atoms in total. The summed E-state index contributed by atoms with van der Waals surface area (Å²) in [7, 11) is 0. The summed E-state index contributed by atoms with van der Waals surface area (Å²) in [4.78, 5) is 20.4. The van der Waals surface area contributed by atoms with Crippen LogP contribution in [-0.4, -0.2) is 24.5 Å². The minimum Gasteiger partial charge on any atom is -0.278 e. The Morgan fingerprint density at radius 1 is 0.473 bits per heavy atom. The van der Waals surface area contributed by atoms with Crippen LogP contribution in [0.4, 0.5) is 0 Å². The third kappa shape index (κ3) is 4.99. The lowest BCUT2D eigenvalue weighted by Crippen LogP contribution is -2.15. The number of thiazole rings is 1. The van der Waals surface area contributed by atoms with Gasteiger partial charge in [0.25, 0.3) is 0 Å².